The van der Waals surface area contributed by atoms with E-state index in [4.69, 9.17) is 18.5 Å². The zero-order chi connectivity index (χ0) is 50.6. The first-order valence-electron chi connectivity index (χ1n) is 28.5. The molecule has 1 fully saturated rings. The van der Waals surface area contributed by atoms with Gasteiger partial charge in [0.1, 0.15) is 43.2 Å². The van der Waals surface area contributed by atoms with Crippen molar-refractivity contribution in [3.63, 3.8) is 0 Å². The summed E-state index contributed by atoms with van der Waals surface area (Å²) < 4.78 is 33.7. The van der Waals surface area contributed by atoms with Crippen LogP contribution in [-0.4, -0.2) is 98.3 Å². The molecule has 0 spiro atoms. The van der Waals surface area contributed by atoms with Crippen molar-refractivity contribution in [2.24, 2.45) is 0 Å². The zero-order valence-electron chi connectivity index (χ0n) is 43.9. The minimum Gasteiger partial charge on any atom is -0.462 e. The molecule has 6 N–H and O–H groups in total. The summed E-state index contributed by atoms with van der Waals surface area (Å²) in [7, 11) is -5.12. The molecular formula is C55H105O13P. The second-order valence-electron chi connectivity index (χ2n) is 20.2. The van der Waals surface area contributed by atoms with Crippen molar-refractivity contribution < 1.29 is 63.1 Å². The van der Waals surface area contributed by atoms with E-state index in [0.717, 1.165) is 51.4 Å². The quantitative estimate of drug-likeness (QED) is 0.0145. The molecule has 69 heavy (non-hydrogen) atoms. The molecular weight excluding hydrogens is 900 g/mol. The van der Waals surface area contributed by atoms with Crippen LogP contribution in [0.5, 0.6) is 0 Å². The van der Waals surface area contributed by atoms with Crippen LogP contribution in [0.4, 0.5) is 0 Å². The molecule has 0 heterocycles. The highest BCUT2D eigenvalue weighted by Gasteiger charge is 2.51. The van der Waals surface area contributed by atoms with Gasteiger partial charge in [-0.2, -0.15) is 0 Å². The first-order valence-corrected chi connectivity index (χ1v) is 30.0. The number of esters is 2. The second-order valence-corrected chi connectivity index (χ2v) is 21.6. The van der Waals surface area contributed by atoms with E-state index in [9.17, 15) is 44.6 Å². The number of aliphatic hydroxyl groups is 5. The van der Waals surface area contributed by atoms with Crippen molar-refractivity contribution in [3.8, 4) is 0 Å². The van der Waals surface area contributed by atoms with Gasteiger partial charge in [-0.25, -0.2) is 4.57 Å². The maximum atomic E-state index is 12.9. The van der Waals surface area contributed by atoms with E-state index in [1.165, 1.54) is 180 Å². The maximum absolute atomic E-state index is 12.9. The lowest BCUT2D eigenvalue weighted by molar-refractivity contribution is -0.220. The van der Waals surface area contributed by atoms with Gasteiger partial charge < -0.3 is 39.9 Å². The van der Waals surface area contributed by atoms with Crippen LogP contribution in [0.25, 0.3) is 0 Å². The van der Waals surface area contributed by atoms with E-state index in [-0.39, 0.29) is 12.8 Å². The molecule has 6 unspecified atom stereocenters. The third kappa shape index (κ3) is 37.1. The van der Waals surface area contributed by atoms with Gasteiger partial charge in [0.15, 0.2) is 6.10 Å². The van der Waals surface area contributed by atoms with Gasteiger partial charge in [0.25, 0.3) is 0 Å². The molecule has 6 atom stereocenters. The Bertz CT molecular complexity index is 1250. The monoisotopic (exact) mass is 1000 g/mol. The fourth-order valence-corrected chi connectivity index (χ4v) is 10.0. The summed E-state index contributed by atoms with van der Waals surface area (Å²) >= 11 is 0. The lowest BCUT2D eigenvalue weighted by Gasteiger charge is -2.41. The summed E-state index contributed by atoms with van der Waals surface area (Å²) in [6.45, 7) is 3.36. The largest absolute Gasteiger partial charge is 0.472 e. The van der Waals surface area contributed by atoms with Crippen LogP contribution in [0.1, 0.15) is 271 Å². The number of unbranched alkanes of at least 4 members (excludes halogenated alkanes) is 35. The maximum Gasteiger partial charge on any atom is 0.472 e. The van der Waals surface area contributed by atoms with Crippen molar-refractivity contribution in [2.75, 3.05) is 13.2 Å². The molecule has 0 aromatic carbocycles. The summed E-state index contributed by atoms with van der Waals surface area (Å²) in [5, 5.41) is 50.4. The Hall–Kier alpha value is -1.41. The number of aliphatic hydroxyl groups excluding tert-OH is 5. The third-order valence-corrected chi connectivity index (χ3v) is 14.6. The lowest BCUT2D eigenvalue weighted by Crippen LogP contribution is -2.64. The fourth-order valence-electron chi connectivity index (χ4n) is 9.05. The number of ether oxygens (including phenoxy) is 2. The standard InChI is InChI=1S/C55H105O13P/c1-3-5-7-9-11-13-15-17-19-21-23-24-26-27-29-31-33-35-37-39-41-43-48(56)65-45-47(46-66-69(63,64)68-55-53(61)51(59)50(58)52(60)54(55)62)67-49(57)44-42-40-38-36-34-32-30-28-25-22-20-18-16-14-12-10-8-6-4-2/h18,20,47,50-55,58-62H,3-17,19,21-46H2,1-2H3,(H,63,64)/b20-18-. The fraction of sp³-hybridized carbons (Fsp3) is 0.927. The summed E-state index contributed by atoms with van der Waals surface area (Å²) in [6.07, 6.45) is 38.3. The third-order valence-electron chi connectivity index (χ3n) is 13.6. The summed E-state index contributed by atoms with van der Waals surface area (Å²) in [5.41, 5.74) is 0. The van der Waals surface area contributed by atoms with Crippen molar-refractivity contribution in [3.05, 3.63) is 12.2 Å². The molecule has 0 bridgehead atoms. The molecule has 0 saturated heterocycles. The molecule has 13 nitrogen and oxygen atoms in total. The number of phosphoric acid groups is 1. The molecule has 0 radical (unpaired) electrons. The average Bonchev–Trinajstić information content (AvgIpc) is 3.33. The van der Waals surface area contributed by atoms with Gasteiger partial charge in [0, 0.05) is 12.8 Å². The van der Waals surface area contributed by atoms with Crippen LogP contribution in [-0.2, 0) is 32.7 Å². The molecule has 1 aliphatic carbocycles. The van der Waals surface area contributed by atoms with Crippen molar-refractivity contribution in [1.82, 2.24) is 0 Å². The number of hydrogen-bond donors (Lipinski definition) is 6. The Balaban J connectivity index is 2.33. The molecule has 0 aromatic rings. The minimum atomic E-state index is -5.12. The van der Waals surface area contributed by atoms with Crippen molar-refractivity contribution in [2.45, 2.75) is 313 Å². The van der Waals surface area contributed by atoms with Crippen molar-refractivity contribution >= 4 is 19.8 Å². The van der Waals surface area contributed by atoms with E-state index in [2.05, 4.69) is 26.0 Å². The highest BCUT2D eigenvalue weighted by Crippen LogP contribution is 2.47. The van der Waals surface area contributed by atoms with Crippen LogP contribution in [0.3, 0.4) is 0 Å². The molecule has 408 valence electrons. The van der Waals surface area contributed by atoms with E-state index in [1.54, 1.807) is 0 Å². The summed E-state index contributed by atoms with van der Waals surface area (Å²) in [4.78, 5) is 35.9. The van der Waals surface area contributed by atoms with Gasteiger partial charge in [-0.3, -0.25) is 18.6 Å². The second kappa shape index (κ2) is 45.2. The summed E-state index contributed by atoms with van der Waals surface area (Å²) in [5.74, 6) is -1.08. The Morgan fingerprint density at radius 3 is 1.10 bits per heavy atom. The Morgan fingerprint density at radius 1 is 0.435 bits per heavy atom. The molecule has 0 aliphatic heterocycles. The van der Waals surface area contributed by atoms with Gasteiger partial charge in [-0.15, -0.1) is 0 Å². The van der Waals surface area contributed by atoms with Crippen LogP contribution < -0.4 is 0 Å². The predicted molar refractivity (Wildman–Crippen MR) is 277 cm³/mol. The van der Waals surface area contributed by atoms with Gasteiger partial charge >= 0.3 is 19.8 Å². The van der Waals surface area contributed by atoms with Gasteiger partial charge in [-0.1, -0.05) is 231 Å². The van der Waals surface area contributed by atoms with E-state index in [0.29, 0.717) is 12.8 Å². The van der Waals surface area contributed by atoms with Crippen LogP contribution in [0.2, 0.25) is 0 Å². The van der Waals surface area contributed by atoms with Gasteiger partial charge in [-0.05, 0) is 38.5 Å². The SMILES string of the molecule is CCCCCCCC/C=C\CCCCCCCCCCCC(=O)OC(COC(=O)CCCCCCCCCCCCCCCCCCCCCCC)COP(=O)(O)OC1C(O)C(O)C(O)C(O)C1O. The first kappa shape index (κ1) is 65.6. The van der Waals surface area contributed by atoms with E-state index < -0.39 is 75.7 Å². The molecule has 0 amide bonds. The van der Waals surface area contributed by atoms with E-state index in [1.807, 2.05) is 0 Å². The number of carbonyl (C=O) groups is 2. The van der Waals surface area contributed by atoms with Gasteiger partial charge in [0.05, 0.1) is 6.61 Å². The number of rotatable bonds is 49. The highest BCUT2D eigenvalue weighted by atomic mass is 31.2. The Kier molecular flexibility index (Phi) is 43.0. The zero-order valence-corrected chi connectivity index (χ0v) is 44.8. The smallest absolute Gasteiger partial charge is 0.462 e. The van der Waals surface area contributed by atoms with Crippen molar-refractivity contribution in [1.29, 1.82) is 0 Å². The number of allylic oxidation sites excluding steroid dienone is 2. The molecule has 0 aromatic heterocycles. The highest BCUT2D eigenvalue weighted by molar-refractivity contribution is 7.47. The number of hydrogen-bond acceptors (Lipinski definition) is 12. The molecule has 1 rings (SSSR count). The molecule has 1 aliphatic rings. The van der Waals surface area contributed by atoms with E-state index >= 15 is 0 Å². The van der Waals surface area contributed by atoms with Crippen LogP contribution in [0.15, 0.2) is 12.2 Å². The average molecular weight is 1010 g/mol. The lowest BCUT2D eigenvalue weighted by atomic mass is 9.85. The van der Waals surface area contributed by atoms with Gasteiger partial charge in [0.2, 0.25) is 0 Å². The molecule has 14 heteroatoms. The van der Waals surface area contributed by atoms with Crippen LogP contribution >= 0.6 is 7.82 Å². The predicted octanol–water partition coefficient (Wildman–Crippen LogP) is 13.0. The number of carbonyl (C=O) groups excluding carboxylic acids is 2. The Labute approximate surface area is 420 Å². The Morgan fingerprint density at radius 2 is 0.739 bits per heavy atom. The topological polar surface area (TPSA) is 210 Å². The number of phosphoric ester groups is 1. The molecule has 1 saturated carbocycles. The first-order chi connectivity index (χ1) is 33.4. The minimum absolute atomic E-state index is 0.0993. The summed E-state index contributed by atoms with van der Waals surface area (Å²) in [6, 6.07) is 0. The van der Waals surface area contributed by atoms with Crippen LogP contribution in [0, 0.1) is 0 Å². The normalized spacial score (nSPS) is 20.9.